The second-order valence-corrected chi connectivity index (χ2v) is 5.93. The van der Waals surface area contributed by atoms with Crippen molar-refractivity contribution in [2.45, 2.75) is 43.9 Å². The van der Waals surface area contributed by atoms with Crippen molar-refractivity contribution in [1.29, 1.82) is 0 Å². The molecule has 2 bridgehead atoms. The van der Waals surface area contributed by atoms with Gasteiger partial charge in [0.15, 0.2) is 0 Å². The number of anilines is 1. The average molecular weight is 307 g/mol. The lowest BCUT2D eigenvalue weighted by Crippen LogP contribution is -2.45. The molecular weight excluding hydrogens is 292 g/mol. The quantitative estimate of drug-likeness (QED) is 0.898. The molecule has 7 nitrogen and oxygen atoms in total. The van der Waals surface area contributed by atoms with Crippen LogP contribution in [-0.4, -0.2) is 47.8 Å². The maximum atomic E-state index is 9.90. The van der Waals surface area contributed by atoms with Crippen LogP contribution in [-0.2, 0) is 0 Å². The lowest BCUT2D eigenvalue weighted by Gasteiger charge is -2.37. The highest BCUT2D eigenvalue weighted by Gasteiger charge is 2.41. The number of piperidine rings is 1. The van der Waals surface area contributed by atoms with Gasteiger partial charge in [-0.15, -0.1) is 0 Å². The molecule has 0 amide bonds. The number of fused-ring (bicyclic) bond motifs is 2. The maximum Gasteiger partial charge on any atom is 0.241 e. The monoisotopic (exact) mass is 306 g/mol. The third-order valence-electron chi connectivity index (χ3n) is 4.26. The Labute approximate surface area is 126 Å². The van der Waals surface area contributed by atoms with E-state index >= 15 is 0 Å². The Hall–Kier alpha value is -1.73. The molecule has 0 radical (unpaired) electrons. The van der Waals surface area contributed by atoms with E-state index in [-0.39, 0.29) is 23.5 Å². The maximum absolute atomic E-state index is 9.90. The zero-order valence-electron chi connectivity index (χ0n) is 11.3. The Bertz CT molecular complexity index is 634. The average Bonchev–Trinajstić information content (AvgIpc) is 3.05. The van der Waals surface area contributed by atoms with E-state index in [0.29, 0.717) is 11.9 Å². The van der Waals surface area contributed by atoms with Gasteiger partial charge in [-0.1, -0.05) is 0 Å². The van der Waals surface area contributed by atoms with E-state index in [2.05, 4.69) is 24.8 Å². The van der Waals surface area contributed by atoms with Gasteiger partial charge in [-0.05, 0) is 37.3 Å². The van der Waals surface area contributed by atoms with Crippen molar-refractivity contribution < 1.29 is 5.11 Å². The largest absolute Gasteiger partial charge is 0.393 e. The van der Waals surface area contributed by atoms with Gasteiger partial charge < -0.3 is 10.0 Å². The lowest BCUT2D eigenvalue weighted by atomic mass is 10.0. The van der Waals surface area contributed by atoms with Crippen LogP contribution in [0.15, 0.2) is 18.7 Å². The molecule has 8 heteroatoms. The molecule has 2 unspecified atom stereocenters. The van der Waals surface area contributed by atoms with Crippen LogP contribution in [0.2, 0.25) is 5.28 Å². The Morgan fingerprint density at radius 1 is 1.10 bits per heavy atom. The van der Waals surface area contributed by atoms with Crippen LogP contribution < -0.4 is 4.90 Å². The smallest absolute Gasteiger partial charge is 0.241 e. The second kappa shape index (κ2) is 4.92. The molecule has 2 fully saturated rings. The van der Waals surface area contributed by atoms with E-state index < -0.39 is 0 Å². The number of rotatable bonds is 2. The summed E-state index contributed by atoms with van der Waals surface area (Å²) in [5.41, 5.74) is 0. The summed E-state index contributed by atoms with van der Waals surface area (Å²) in [4.78, 5) is 19.2. The van der Waals surface area contributed by atoms with E-state index in [1.807, 2.05) is 0 Å². The van der Waals surface area contributed by atoms with Crippen LogP contribution in [0.25, 0.3) is 5.95 Å². The SMILES string of the molecule is OC1CC2CCC(C1)N2c1nc(Cl)nc(-n2ccnc2)n1. The number of nitrogens with zero attached hydrogens (tertiary/aromatic N) is 6. The summed E-state index contributed by atoms with van der Waals surface area (Å²) in [6.07, 6.45) is 8.49. The van der Waals surface area contributed by atoms with Crippen molar-refractivity contribution in [3.05, 3.63) is 24.0 Å². The van der Waals surface area contributed by atoms with Crippen molar-refractivity contribution >= 4 is 17.5 Å². The van der Waals surface area contributed by atoms with Gasteiger partial charge in [-0.25, -0.2) is 4.98 Å². The Morgan fingerprint density at radius 3 is 2.48 bits per heavy atom. The standard InChI is InChI=1S/C13H15ClN6O/c14-11-16-12(19-4-3-15-7-19)18-13(17-11)20-8-1-2-9(20)6-10(21)5-8/h3-4,7-10,21H,1-2,5-6H2. The van der Waals surface area contributed by atoms with Crippen LogP contribution >= 0.6 is 11.6 Å². The topological polar surface area (TPSA) is 80.0 Å². The van der Waals surface area contributed by atoms with Crippen LogP contribution in [0.4, 0.5) is 5.95 Å². The Morgan fingerprint density at radius 2 is 1.81 bits per heavy atom. The highest BCUT2D eigenvalue weighted by molar-refractivity contribution is 6.28. The molecule has 4 heterocycles. The summed E-state index contributed by atoms with van der Waals surface area (Å²) in [6, 6.07) is 0.570. The third-order valence-corrected chi connectivity index (χ3v) is 4.43. The fourth-order valence-corrected chi connectivity index (χ4v) is 3.56. The number of aliphatic hydroxyl groups excluding tert-OH is 1. The van der Waals surface area contributed by atoms with E-state index in [9.17, 15) is 5.11 Å². The van der Waals surface area contributed by atoms with Crippen molar-refractivity contribution in [2.24, 2.45) is 0 Å². The predicted octanol–water partition coefficient (Wildman–Crippen LogP) is 1.20. The molecule has 2 aromatic rings. The van der Waals surface area contributed by atoms with Gasteiger partial charge in [0.05, 0.1) is 6.10 Å². The normalized spacial score (nSPS) is 28.1. The van der Waals surface area contributed by atoms with E-state index in [1.54, 1.807) is 23.3 Å². The molecule has 2 aliphatic rings. The first-order chi connectivity index (χ1) is 10.2. The van der Waals surface area contributed by atoms with E-state index in [1.165, 1.54) is 0 Å². The number of hydrogen-bond donors (Lipinski definition) is 1. The molecule has 0 saturated carbocycles. The number of hydrogen-bond acceptors (Lipinski definition) is 6. The van der Waals surface area contributed by atoms with Crippen molar-refractivity contribution in [1.82, 2.24) is 24.5 Å². The van der Waals surface area contributed by atoms with Gasteiger partial charge in [-0.3, -0.25) is 4.57 Å². The highest BCUT2D eigenvalue weighted by Crippen LogP contribution is 2.38. The fraction of sp³-hybridized carbons (Fsp3) is 0.538. The zero-order valence-corrected chi connectivity index (χ0v) is 12.1. The van der Waals surface area contributed by atoms with Gasteiger partial charge in [-0.2, -0.15) is 15.0 Å². The summed E-state index contributed by atoms with van der Waals surface area (Å²) in [5.74, 6) is 1.06. The molecule has 21 heavy (non-hydrogen) atoms. The molecule has 2 atom stereocenters. The van der Waals surface area contributed by atoms with Crippen LogP contribution in [0, 0.1) is 0 Å². The van der Waals surface area contributed by atoms with Crippen molar-refractivity contribution in [3.8, 4) is 5.95 Å². The minimum absolute atomic E-state index is 0.175. The summed E-state index contributed by atoms with van der Waals surface area (Å²) in [7, 11) is 0. The highest BCUT2D eigenvalue weighted by atomic mass is 35.5. The molecule has 0 aliphatic carbocycles. The molecular formula is C13H15ClN6O. The van der Waals surface area contributed by atoms with Gasteiger partial charge in [0.1, 0.15) is 6.33 Å². The molecule has 4 rings (SSSR count). The van der Waals surface area contributed by atoms with Gasteiger partial charge in [0.25, 0.3) is 0 Å². The minimum Gasteiger partial charge on any atom is -0.393 e. The lowest BCUT2D eigenvalue weighted by molar-refractivity contribution is 0.125. The van der Waals surface area contributed by atoms with Gasteiger partial charge >= 0.3 is 0 Å². The number of aliphatic hydroxyl groups is 1. The molecule has 0 aromatic carbocycles. The second-order valence-electron chi connectivity index (χ2n) is 5.59. The fourth-order valence-electron chi connectivity index (χ4n) is 3.41. The first-order valence-electron chi connectivity index (χ1n) is 7.07. The first kappa shape index (κ1) is 13.0. The molecule has 2 aromatic heterocycles. The molecule has 0 spiro atoms. The van der Waals surface area contributed by atoms with E-state index in [4.69, 9.17) is 11.6 Å². The Balaban J connectivity index is 1.73. The number of aromatic nitrogens is 5. The minimum atomic E-state index is -0.218. The molecule has 2 aliphatic heterocycles. The van der Waals surface area contributed by atoms with Gasteiger partial charge in [0, 0.05) is 24.5 Å². The summed E-state index contributed by atoms with van der Waals surface area (Å²) in [6.45, 7) is 0. The molecule has 110 valence electrons. The number of halogens is 1. The summed E-state index contributed by atoms with van der Waals surface area (Å²) in [5, 5.41) is 10.1. The van der Waals surface area contributed by atoms with E-state index in [0.717, 1.165) is 25.7 Å². The zero-order chi connectivity index (χ0) is 14.4. The van der Waals surface area contributed by atoms with Gasteiger partial charge in [0.2, 0.25) is 17.2 Å². The first-order valence-corrected chi connectivity index (χ1v) is 7.45. The predicted molar refractivity (Wildman–Crippen MR) is 76.5 cm³/mol. The summed E-state index contributed by atoms with van der Waals surface area (Å²) >= 11 is 6.06. The number of imidazole rings is 1. The van der Waals surface area contributed by atoms with Crippen LogP contribution in [0.5, 0.6) is 0 Å². The van der Waals surface area contributed by atoms with Crippen molar-refractivity contribution in [3.63, 3.8) is 0 Å². The van der Waals surface area contributed by atoms with Crippen LogP contribution in [0.1, 0.15) is 25.7 Å². The van der Waals surface area contributed by atoms with Crippen LogP contribution in [0.3, 0.4) is 0 Å². The Kier molecular flexibility index (Phi) is 3.04. The molecule has 1 N–H and O–H groups in total. The van der Waals surface area contributed by atoms with Crippen molar-refractivity contribution in [2.75, 3.05) is 4.90 Å². The molecule has 2 saturated heterocycles. The third kappa shape index (κ3) is 2.26. The summed E-state index contributed by atoms with van der Waals surface area (Å²) < 4.78 is 1.71.